The molecular formula is C22H40N2O8S. The zero-order valence-corrected chi connectivity index (χ0v) is 21.9. The Balaban J connectivity index is 5.12. The van der Waals surface area contributed by atoms with Gasteiger partial charge in [0.15, 0.2) is 6.04 Å². The fraction of sp³-hybridized carbons (Fsp3) is 0.818. The van der Waals surface area contributed by atoms with Crippen molar-refractivity contribution < 1.29 is 38.1 Å². The molecule has 0 spiro atoms. The van der Waals surface area contributed by atoms with Crippen molar-refractivity contribution in [1.82, 2.24) is 10.6 Å². The Morgan fingerprint density at radius 1 is 0.939 bits per heavy atom. The number of carbonyl (C=O) groups is 4. The van der Waals surface area contributed by atoms with E-state index in [4.69, 9.17) is 18.9 Å². The van der Waals surface area contributed by atoms with Crippen LogP contribution in [0.25, 0.3) is 0 Å². The van der Waals surface area contributed by atoms with Gasteiger partial charge >= 0.3 is 18.0 Å². The summed E-state index contributed by atoms with van der Waals surface area (Å²) in [5.74, 6) is -0.935. The van der Waals surface area contributed by atoms with Gasteiger partial charge in [-0.3, -0.25) is 9.59 Å². The first-order valence-electron chi connectivity index (χ1n) is 10.9. The number of esters is 2. The summed E-state index contributed by atoms with van der Waals surface area (Å²) in [5.41, 5.74) is -1.28. The van der Waals surface area contributed by atoms with Crippen LogP contribution in [0.1, 0.15) is 61.3 Å². The lowest BCUT2D eigenvalue weighted by atomic mass is 10.2. The Kier molecular flexibility index (Phi) is 14.1. The Morgan fingerprint density at radius 3 is 2.09 bits per heavy atom. The highest BCUT2D eigenvalue weighted by molar-refractivity contribution is 7.99. The number of rotatable bonds is 13. The lowest BCUT2D eigenvalue weighted by molar-refractivity contribution is -0.148. The average molecular weight is 493 g/mol. The molecule has 2 unspecified atom stereocenters. The molecule has 11 heteroatoms. The molecule has 0 rings (SSSR count). The molecule has 2 amide bonds. The minimum absolute atomic E-state index is 0.0956. The lowest BCUT2D eigenvalue weighted by Gasteiger charge is -2.26. The van der Waals surface area contributed by atoms with Gasteiger partial charge in [0, 0.05) is 17.9 Å². The van der Waals surface area contributed by atoms with Crippen LogP contribution in [-0.4, -0.2) is 79.1 Å². The number of thioether (sulfide) groups is 1. The molecule has 0 aliphatic heterocycles. The van der Waals surface area contributed by atoms with Crippen LogP contribution in [-0.2, 0) is 33.3 Å². The Hall–Kier alpha value is -2.01. The third-order valence-corrected chi connectivity index (χ3v) is 4.75. The van der Waals surface area contributed by atoms with Crippen LogP contribution in [0.15, 0.2) is 0 Å². The van der Waals surface area contributed by atoms with Crippen LogP contribution in [0.3, 0.4) is 0 Å². The van der Waals surface area contributed by atoms with Crippen molar-refractivity contribution in [2.75, 3.05) is 31.8 Å². The molecule has 0 radical (unpaired) electrons. The number of nitrogens with one attached hydrogen (secondary N) is 2. The summed E-state index contributed by atoms with van der Waals surface area (Å²) in [6, 6.07) is -2.05. The molecule has 2 atom stereocenters. The Morgan fingerprint density at radius 2 is 1.58 bits per heavy atom. The number of methoxy groups -OCH3 is 1. The molecule has 0 bridgehead atoms. The minimum Gasteiger partial charge on any atom is -0.467 e. The molecule has 0 aliphatic rings. The van der Waals surface area contributed by atoms with E-state index in [0.717, 1.165) is 0 Å². The summed E-state index contributed by atoms with van der Waals surface area (Å²) in [6.07, 6.45) is 0.286. The summed E-state index contributed by atoms with van der Waals surface area (Å²) in [5, 5.41) is 5.11. The molecule has 0 heterocycles. The fourth-order valence-electron chi connectivity index (χ4n) is 2.24. The molecular weight excluding hydrogens is 452 g/mol. The largest absolute Gasteiger partial charge is 0.467 e. The summed E-state index contributed by atoms with van der Waals surface area (Å²) in [4.78, 5) is 48.7. The topological polar surface area (TPSA) is 129 Å². The molecule has 0 aliphatic carbocycles. The van der Waals surface area contributed by atoms with Gasteiger partial charge in [0.05, 0.1) is 19.3 Å². The van der Waals surface area contributed by atoms with Crippen LogP contribution in [0.2, 0.25) is 0 Å². The quantitative estimate of drug-likeness (QED) is 0.226. The van der Waals surface area contributed by atoms with Crippen molar-refractivity contribution in [3.63, 3.8) is 0 Å². The van der Waals surface area contributed by atoms with Gasteiger partial charge in [-0.25, -0.2) is 9.59 Å². The highest BCUT2D eigenvalue weighted by Crippen LogP contribution is 2.11. The Bertz CT molecular complexity index is 643. The van der Waals surface area contributed by atoms with Gasteiger partial charge in [-0.2, -0.15) is 11.8 Å². The Labute approximate surface area is 201 Å². The molecule has 2 N–H and O–H groups in total. The molecule has 0 saturated carbocycles. The van der Waals surface area contributed by atoms with Crippen molar-refractivity contribution in [2.45, 2.75) is 84.6 Å². The third-order valence-electron chi connectivity index (χ3n) is 3.72. The predicted octanol–water partition coefficient (Wildman–Crippen LogP) is 2.43. The second-order valence-corrected chi connectivity index (χ2v) is 10.4. The van der Waals surface area contributed by atoms with Crippen LogP contribution >= 0.6 is 11.8 Å². The molecule has 33 heavy (non-hydrogen) atoms. The van der Waals surface area contributed by atoms with Crippen molar-refractivity contribution in [2.24, 2.45) is 0 Å². The zero-order valence-electron chi connectivity index (χ0n) is 21.1. The second kappa shape index (κ2) is 15.0. The van der Waals surface area contributed by atoms with Crippen LogP contribution in [0.5, 0.6) is 0 Å². The van der Waals surface area contributed by atoms with Gasteiger partial charge in [0.1, 0.15) is 18.2 Å². The number of carbonyl (C=O) groups excluding carboxylic acids is 4. The normalized spacial score (nSPS) is 13.5. The van der Waals surface area contributed by atoms with Crippen molar-refractivity contribution >= 4 is 35.7 Å². The van der Waals surface area contributed by atoms with E-state index in [9.17, 15) is 19.2 Å². The highest BCUT2D eigenvalue weighted by Gasteiger charge is 2.30. The third kappa shape index (κ3) is 16.3. The molecule has 0 aromatic heterocycles. The van der Waals surface area contributed by atoms with Gasteiger partial charge < -0.3 is 29.6 Å². The minimum atomic E-state index is -1.05. The number of hydrogen-bond donors (Lipinski definition) is 2. The average Bonchev–Trinajstić information content (AvgIpc) is 2.67. The first kappa shape index (κ1) is 31.0. The predicted molar refractivity (Wildman–Crippen MR) is 126 cm³/mol. The van der Waals surface area contributed by atoms with Crippen molar-refractivity contribution in [3.8, 4) is 0 Å². The molecule has 0 aromatic carbocycles. The maximum atomic E-state index is 12.9. The zero-order chi connectivity index (χ0) is 25.7. The van der Waals surface area contributed by atoms with E-state index in [0.29, 0.717) is 18.6 Å². The molecule has 192 valence electrons. The van der Waals surface area contributed by atoms with Gasteiger partial charge in [0.2, 0.25) is 5.91 Å². The van der Waals surface area contributed by atoms with Crippen LogP contribution in [0.4, 0.5) is 4.79 Å². The van der Waals surface area contributed by atoms with E-state index in [2.05, 4.69) is 10.6 Å². The first-order valence-corrected chi connectivity index (χ1v) is 12.1. The molecule has 0 fully saturated rings. The molecule has 0 aromatic rings. The standard InChI is InChI=1S/C22H40N2O8S/c1-9-10-17(25)30-11-12-33-14-16(24-20(28)32-22(5,6)7)18(26)23-15(19(27)29-8)13-31-21(2,3)4/h15-16H,9-14H2,1-8H3,(H,23,26)(H,24,28). The summed E-state index contributed by atoms with van der Waals surface area (Å²) in [7, 11) is 1.21. The van der Waals surface area contributed by atoms with Gasteiger partial charge in [0.25, 0.3) is 0 Å². The van der Waals surface area contributed by atoms with E-state index in [1.807, 2.05) is 27.7 Å². The number of hydrogen-bond acceptors (Lipinski definition) is 9. The van der Waals surface area contributed by atoms with Gasteiger partial charge in [-0.1, -0.05) is 6.92 Å². The van der Waals surface area contributed by atoms with E-state index in [1.54, 1.807) is 20.8 Å². The summed E-state index contributed by atoms with van der Waals surface area (Å²) in [6.45, 7) is 12.6. The number of amides is 2. The van der Waals surface area contributed by atoms with E-state index in [1.165, 1.54) is 18.9 Å². The fourth-order valence-corrected chi connectivity index (χ4v) is 3.08. The van der Waals surface area contributed by atoms with E-state index in [-0.39, 0.29) is 24.9 Å². The maximum Gasteiger partial charge on any atom is 0.408 e. The first-order chi connectivity index (χ1) is 15.2. The summed E-state index contributed by atoms with van der Waals surface area (Å²) < 4.78 is 20.7. The smallest absolute Gasteiger partial charge is 0.408 e. The molecule has 10 nitrogen and oxygen atoms in total. The number of ether oxygens (including phenoxy) is 4. The van der Waals surface area contributed by atoms with Crippen LogP contribution < -0.4 is 10.6 Å². The maximum absolute atomic E-state index is 12.9. The van der Waals surface area contributed by atoms with Crippen molar-refractivity contribution in [1.29, 1.82) is 0 Å². The lowest BCUT2D eigenvalue weighted by Crippen LogP contribution is -2.55. The number of alkyl carbamates (subject to hydrolysis) is 1. The molecule has 0 saturated heterocycles. The SMILES string of the molecule is CCCC(=O)OCCSCC(NC(=O)OC(C)(C)C)C(=O)NC(COC(C)(C)C)C(=O)OC. The van der Waals surface area contributed by atoms with Gasteiger partial charge in [-0.05, 0) is 48.0 Å². The highest BCUT2D eigenvalue weighted by atomic mass is 32.2. The van der Waals surface area contributed by atoms with Gasteiger partial charge in [-0.15, -0.1) is 0 Å². The van der Waals surface area contributed by atoms with Crippen molar-refractivity contribution in [3.05, 3.63) is 0 Å². The summed E-state index contributed by atoms with van der Waals surface area (Å²) >= 11 is 1.31. The second-order valence-electron chi connectivity index (χ2n) is 9.25. The van der Waals surface area contributed by atoms with E-state index >= 15 is 0 Å². The monoisotopic (exact) mass is 492 g/mol. The van der Waals surface area contributed by atoms with E-state index < -0.39 is 41.3 Å². The van der Waals surface area contributed by atoms with Crippen LogP contribution in [0, 0.1) is 0 Å².